The maximum absolute atomic E-state index is 14.5. The summed E-state index contributed by atoms with van der Waals surface area (Å²) >= 11 is 0. The minimum atomic E-state index is -0.847. The lowest BCUT2D eigenvalue weighted by atomic mass is 9.86. The Morgan fingerprint density at radius 2 is 0.400 bits per heavy atom. The number of hydrogen-bond acceptors (Lipinski definition) is 24. The van der Waals surface area contributed by atoms with Crippen molar-refractivity contribution in [3.8, 4) is 102 Å². The molecule has 0 aliphatic heterocycles. The van der Waals surface area contributed by atoms with Gasteiger partial charge in [0.1, 0.15) is 74.1 Å². The maximum Gasteiger partial charge on any atom is 0.343 e. The van der Waals surface area contributed by atoms with Crippen molar-refractivity contribution in [1.82, 2.24) is 0 Å². The third-order valence-corrected chi connectivity index (χ3v) is 17.1. The molecule has 0 saturated heterocycles. The predicted octanol–water partition coefficient (Wildman–Crippen LogP) is 9.94. The van der Waals surface area contributed by atoms with Crippen LogP contribution in [-0.2, 0) is 19.3 Å². The molecule has 0 spiro atoms. The SMILES string of the molecule is O=C(Oc1cc2c(cc1OC(=O)c1ccc(OCCO)cc1)-c1c(c3c(c4c1Cc1cc(OC(=O)c5ccc(OCCO)cc5)c(OC(=O)c5ccc(OCCO)cc5)cc1-4)Cc1cc(OC(=O)c4ccc(OCCO)cc4)c(OC(=O)c4ccc(OCCO)cc4)cc1-3)C2)c1ccc(OCCO)cc1. The highest BCUT2D eigenvalue weighted by molar-refractivity contribution is 6.04. The summed E-state index contributed by atoms with van der Waals surface area (Å²) < 4.78 is 70.7. The van der Waals surface area contributed by atoms with Gasteiger partial charge in [-0.05, 0) is 268 Å². The first-order valence-electron chi connectivity index (χ1n) is 33.3. The van der Waals surface area contributed by atoms with Gasteiger partial charge in [-0.15, -0.1) is 0 Å². The minimum Gasteiger partial charge on any atom is -0.491 e. The maximum atomic E-state index is 14.5. The van der Waals surface area contributed by atoms with E-state index < -0.39 is 35.8 Å². The molecule has 3 aliphatic carbocycles. The Morgan fingerprint density at radius 3 is 0.562 bits per heavy atom. The molecular formula is C81H66O24. The summed E-state index contributed by atoms with van der Waals surface area (Å²) in [6.07, 6.45) is 0.443. The van der Waals surface area contributed by atoms with E-state index >= 15 is 0 Å². The molecular weight excluding hydrogens is 1360 g/mol. The average molecular weight is 1420 g/mol. The summed E-state index contributed by atoms with van der Waals surface area (Å²) in [6.45, 7) is -1.42. The third-order valence-electron chi connectivity index (χ3n) is 17.1. The van der Waals surface area contributed by atoms with E-state index in [9.17, 15) is 59.4 Å². The van der Waals surface area contributed by atoms with Gasteiger partial charge in [0.2, 0.25) is 0 Å². The van der Waals surface area contributed by atoms with Gasteiger partial charge in [0.15, 0.2) is 34.5 Å². The molecule has 0 unspecified atom stereocenters. The number of aliphatic hydroxyl groups excluding tert-OH is 6. The fraction of sp³-hybridized carbons (Fsp3) is 0.185. The van der Waals surface area contributed by atoms with Crippen LogP contribution in [0.5, 0.6) is 69.0 Å². The Labute approximate surface area is 599 Å². The molecule has 0 amide bonds. The van der Waals surface area contributed by atoms with Crippen molar-refractivity contribution in [2.75, 3.05) is 79.3 Å². The van der Waals surface area contributed by atoms with Crippen LogP contribution in [-0.4, -0.2) is 146 Å². The topological polar surface area (TPSA) is 335 Å². The second-order valence-electron chi connectivity index (χ2n) is 23.9. The van der Waals surface area contributed by atoms with Crippen molar-refractivity contribution in [1.29, 1.82) is 0 Å². The number of esters is 6. The normalized spacial score (nSPS) is 11.7. The largest absolute Gasteiger partial charge is 0.491 e. The van der Waals surface area contributed by atoms with Crippen LogP contribution >= 0.6 is 0 Å². The van der Waals surface area contributed by atoms with E-state index in [2.05, 4.69) is 0 Å². The van der Waals surface area contributed by atoms with E-state index in [0.29, 0.717) is 84.6 Å². The van der Waals surface area contributed by atoms with Crippen LogP contribution in [0, 0.1) is 0 Å². The van der Waals surface area contributed by atoms with Gasteiger partial charge < -0.3 is 87.5 Å². The summed E-state index contributed by atoms with van der Waals surface area (Å²) in [5.41, 5.74) is 8.10. The van der Waals surface area contributed by atoms with Gasteiger partial charge in [0.25, 0.3) is 0 Å². The molecule has 0 radical (unpaired) electrons. The third kappa shape index (κ3) is 15.8. The highest BCUT2D eigenvalue weighted by Crippen LogP contribution is 2.60. The number of hydrogen-bond donors (Lipinski definition) is 6. The van der Waals surface area contributed by atoms with E-state index in [1.807, 2.05) is 0 Å². The van der Waals surface area contributed by atoms with Crippen LogP contribution in [0.15, 0.2) is 182 Å². The molecule has 13 rings (SSSR count). The molecule has 24 nitrogen and oxygen atoms in total. The molecule has 6 N–H and O–H groups in total. The quantitative estimate of drug-likeness (QED) is 0.0180. The van der Waals surface area contributed by atoms with Crippen LogP contribution in [0.25, 0.3) is 33.4 Å². The molecule has 10 aromatic carbocycles. The summed E-state index contributed by atoms with van der Waals surface area (Å²) in [6, 6.07) is 45.8. The second kappa shape index (κ2) is 32.3. The molecule has 534 valence electrons. The first kappa shape index (κ1) is 71.0. The Morgan fingerprint density at radius 1 is 0.238 bits per heavy atom. The van der Waals surface area contributed by atoms with Crippen molar-refractivity contribution in [2.24, 2.45) is 0 Å². The lowest BCUT2D eigenvalue weighted by molar-refractivity contribution is 0.0682. The van der Waals surface area contributed by atoms with Gasteiger partial charge in [0, 0.05) is 0 Å². The molecule has 10 aromatic rings. The first-order chi connectivity index (χ1) is 51.2. The van der Waals surface area contributed by atoms with Gasteiger partial charge >= 0.3 is 35.8 Å². The summed E-state index contributed by atoms with van der Waals surface area (Å²) in [5, 5.41) is 56.3. The molecule has 24 heteroatoms. The van der Waals surface area contributed by atoms with Crippen molar-refractivity contribution in [3.63, 3.8) is 0 Å². The van der Waals surface area contributed by atoms with Gasteiger partial charge in [-0.2, -0.15) is 0 Å². The summed E-state index contributed by atoms with van der Waals surface area (Å²) in [4.78, 5) is 86.3. The predicted molar refractivity (Wildman–Crippen MR) is 375 cm³/mol. The van der Waals surface area contributed by atoms with Crippen LogP contribution in [0.1, 0.15) is 95.5 Å². The number of benzene rings is 10. The van der Waals surface area contributed by atoms with Crippen LogP contribution < -0.4 is 56.8 Å². The van der Waals surface area contributed by atoms with Crippen molar-refractivity contribution >= 4 is 35.8 Å². The zero-order valence-electron chi connectivity index (χ0n) is 56.0. The number of carbonyl (C=O) groups is 6. The molecule has 0 aromatic heterocycles. The second-order valence-corrected chi connectivity index (χ2v) is 23.9. The molecule has 0 atom stereocenters. The number of ether oxygens (including phenoxy) is 12. The monoisotopic (exact) mass is 1420 g/mol. The Hall–Kier alpha value is -12.4. The van der Waals surface area contributed by atoms with Crippen molar-refractivity contribution in [3.05, 3.63) is 249 Å². The van der Waals surface area contributed by atoms with E-state index in [4.69, 9.17) is 56.8 Å². The lowest BCUT2D eigenvalue weighted by Crippen LogP contribution is -2.13. The zero-order chi connectivity index (χ0) is 73.1. The standard InChI is InChI=1S/C81H66O24/c82-25-31-94-55-13-1-46(2-14-55)76(88)100-67-40-52-37-64-73(61(52)43-70(67)103-79(91)49-7-19-58(20-8-49)97-34-28-85)65-38-53-41-68(101-77(89)47-3-15-56(16-4-47)95-32-26-83)72(105-81(93)51-11-23-60(24-12-51)99-36-30-87)45-63(53)75(65)66-39-54-42-69(102-78(90)48-5-17-57(18-6-48)96-33-27-84)71(44-62(54)74(64)66)104-80(92)50-9-21-59(22-10-50)98-35-29-86/h1-24,40-45,82-87H,25-39H2. The van der Waals surface area contributed by atoms with Crippen molar-refractivity contribution in [2.45, 2.75) is 19.3 Å². The number of fused-ring (bicyclic) bond motifs is 12. The molecule has 0 heterocycles. The van der Waals surface area contributed by atoms with Gasteiger partial charge in [-0.3, -0.25) is 0 Å². The molecule has 3 aliphatic rings. The highest BCUT2D eigenvalue weighted by atomic mass is 16.6. The van der Waals surface area contributed by atoms with E-state index in [0.717, 1.165) is 16.7 Å². The van der Waals surface area contributed by atoms with Gasteiger partial charge in [0.05, 0.1) is 73.0 Å². The zero-order valence-corrected chi connectivity index (χ0v) is 56.0. The summed E-state index contributed by atoms with van der Waals surface area (Å²) in [7, 11) is 0. The molecule has 0 bridgehead atoms. The summed E-state index contributed by atoms with van der Waals surface area (Å²) in [5.74, 6) is -3.71. The van der Waals surface area contributed by atoms with Crippen LogP contribution in [0.3, 0.4) is 0 Å². The van der Waals surface area contributed by atoms with Crippen LogP contribution in [0.4, 0.5) is 0 Å². The highest BCUT2D eigenvalue weighted by Gasteiger charge is 2.40. The Kier molecular flexibility index (Phi) is 21.8. The van der Waals surface area contributed by atoms with Gasteiger partial charge in [-0.25, -0.2) is 28.8 Å². The number of carbonyl (C=O) groups excluding carboxylic acids is 6. The minimum absolute atomic E-state index is 0.00323. The lowest BCUT2D eigenvalue weighted by Gasteiger charge is -2.18. The fourth-order valence-corrected chi connectivity index (χ4v) is 12.5. The first-order valence-corrected chi connectivity index (χ1v) is 33.3. The van der Waals surface area contributed by atoms with Crippen molar-refractivity contribution < 1.29 is 116 Å². The number of rotatable bonds is 30. The van der Waals surface area contributed by atoms with Gasteiger partial charge in [-0.1, -0.05) is 0 Å². The fourth-order valence-electron chi connectivity index (χ4n) is 12.5. The molecule has 0 fully saturated rings. The molecule has 0 saturated carbocycles. The smallest absolute Gasteiger partial charge is 0.343 e. The Bertz CT molecular complexity index is 4400. The van der Waals surface area contributed by atoms with Crippen LogP contribution in [0.2, 0.25) is 0 Å². The van der Waals surface area contributed by atoms with E-state index in [-0.39, 0.29) is 166 Å². The Balaban J connectivity index is 0.981. The van der Waals surface area contributed by atoms with E-state index in [1.165, 1.54) is 146 Å². The number of aliphatic hydroxyl groups is 6. The average Bonchev–Trinajstić information content (AvgIpc) is 1.53. The molecule has 105 heavy (non-hydrogen) atoms. The van der Waals surface area contributed by atoms with E-state index in [1.54, 1.807) is 36.4 Å².